The lowest BCUT2D eigenvalue weighted by Crippen LogP contribution is -2.12. The van der Waals surface area contributed by atoms with Crippen LogP contribution in [-0.2, 0) is 0 Å². The first kappa shape index (κ1) is 20.0. The van der Waals surface area contributed by atoms with Gasteiger partial charge in [-0.3, -0.25) is 4.79 Å². The van der Waals surface area contributed by atoms with Gasteiger partial charge in [0, 0.05) is 11.8 Å². The van der Waals surface area contributed by atoms with Gasteiger partial charge >= 0.3 is 17.8 Å². The Kier molecular flexibility index (Phi) is 5.52. The number of amides is 1. The molecule has 31 heavy (non-hydrogen) atoms. The summed E-state index contributed by atoms with van der Waals surface area (Å²) < 4.78 is 50.8. The number of hydrogen-bond donors (Lipinski definition) is 2. The van der Waals surface area contributed by atoms with Crippen LogP contribution in [0.1, 0.15) is 10.7 Å². The standard InChI is InChI=1S/C21H13F3N4O3/c22-12-5-10-18(16(24)11-12)30-14-8-6-13(7-9-14)25-19(29)20-27-28-21(31-20)26-17-4-2-1-3-15(17)23/h1-11H,(H,25,29)(H,26,28). The number of para-hydroxylation sites is 1. The molecule has 0 aliphatic rings. The Labute approximate surface area is 173 Å². The molecular formula is C21H13F3N4O3. The van der Waals surface area contributed by atoms with Crippen LogP contribution in [0.15, 0.2) is 71.1 Å². The second-order valence-electron chi connectivity index (χ2n) is 6.17. The Bertz CT molecular complexity index is 1230. The molecule has 4 rings (SSSR count). The smallest absolute Gasteiger partial charge is 0.320 e. The van der Waals surface area contributed by atoms with Crippen molar-refractivity contribution < 1.29 is 27.1 Å². The van der Waals surface area contributed by atoms with Crippen molar-refractivity contribution in [2.45, 2.75) is 0 Å². The van der Waals surface area contributed by atoms with Gasteiger partial charge in [0.1, 0.15) is 17.4 Å². The van der Waals surface area contributed by atoms with Crippen LogP contribution in [0.25, 0.3) is 0 Å². The van der Waals surface area contributed by atoms with Gasteiger partial charge in [-0.2, -0.15) is 0 Å². The molecule has 7 nitrogen and oxygen atoms in total. The fourth-order valence-corrected chi connectivity index (χ4v) is 2.52. The predicted octanol–water partition coefficient (Wildman–Crippen LogP) is 5.28. The quantitative estimate of drug-likeness (QED) is 0.436. The van der Waals surface area contributed by atoms with Crippen LogP contribution in [0, 0.1) is 17.5 Å². The molecule has 0 radical (unpaired) electrons. The van der Waals surface area contributed by atoms with Gasteiger partial charge in [0.2, 0.25) is 0 Å². The van der Waals surface area contributed by atoms with Gasteiger partial charge in [-0.05, 0) is 48.5 Å². The molecule has 4 aromatic rings. The Hall–Kier alpha value is -4.34. The molecule has 0 saturated heterocycles. The molecule has 3 aromatic carbocycles. The van der Waals surface area contributed by atoms with Gasteiger partial charge < -0.3 is 19.8 Å². The summed E-state index contributed by atoms with van der Waals surface area (Å²) >= 11 is 0. The number of aromatic nitrogens is 2. The van der Waals surface area contributed by atoms with E-state index in [4.69, 9.17) is 9.15 Å². The number of ether oxygens (including phenoxy) is 1. The minimum absolute atomic E-state index is 0.117. The van der Waals surface area contributed by atoms with E-state index < -0.39 is 23.4 Å². The molecule has 0 atom stereocenters. The van der Waals surface area contributed by atoms with Crippen molar-refractivity contribution in [1.82, 2.24) is 10.2 Å². The monoisotopic (exact) mass is 426 g/mol. The number of anilines is 3. The largest absolute Gasteiger partial charge is 0.454 e. The van der Waals surface area contributed by atoms with E-state index in [-0.39, 0.29) is 29.1 Å². The number of halogens is 3. The number of carbonyl (C=O) groups is 1. The van der Waals surface area contributed by atoms with Gasteiger partial charge in [-0.1, -0.05) is 17.2 Å². The first-order chi connectivity index (χ1) is 15.0. The molecule has 1 heterocycles. The predicted molar refractivity (Wildman–Crippen MR) is 105 cm³/mol. The maximum Gasteiger partial charge on any atom is 0.320 e. The Morgan fingerprint density at radius 3 is 2.42 bits per heavy atom. The fraction of sp³-hybridized carbons (Fsp3) is 0. The van der Waals surface area contributed by atoms with Crippen LogP contribution >= 0.6 is 0 Å². The zero-order valence-corrected chi connectivity index (χ0v) is 15.6. The van der Waals surface area contributed by atoms with Gasteiger partial charge in [0.25, 0.3) is 0 Å². The molecule has 0 bridgehead atoms. The third-order valence-corrected chi connectivity index (χ3v) is 3.97. The van der Waals surface area contributed by atoms with Gasteiger partial charge in [-0.15, -0.1) is 5.10 Å². The maximum atomic E-state index is 13.7. The zero-order chi connectivity index (χ0) is 21.8. The Balaban J connectivity index is 1.39. The van der Waals surface area contributed by atoms with E-state index >= 15 is 0 Å². The Morgan fingerprint density at radius 2 is 1.68 bits per heavy atom. The summed E-state index contributed by atoms with van der Waals surface area (Å²) in [6.07, 6.45) is 0. The zero-order valence-electron chi connectivity index (χ0n) is 15.6. The van der Waals surface area contributed by atoms with Crippen molar-refractivity contribution in [2.24, 2.45) is 0 Å². The average molecular weight is 426 g/mol. The van der Waals surface area contributed by atoms with Crippen molar-refractivity contribution in [2.75, 3.05) is 10.6 Å². The highest BCUT2D eigenvalue weighted by atomic mass is 19.1. The van der Waals surface area contributed by atoms with Crippen LogP contribution in [-0.4, -0.2) is 16.1 Å². The van der Waals surface area contributed by atoms with Crippen molar-refractivity contribution >= 4 is 23.3 Å². The molecule has 156 valence electrons. The van der Waals surface area contributed by atoms with Crippen LogP contribution in [0.4, 0.5) is 30.6 Å². The second-order valence-corrected chi connectivity index (χ2v) is 6.17. The minimum atomic E-state index is -0.839. The minimum Gasteiger partial charge on any atom is -0.454 e. The number of carbonyl (C=O) groups excluding carboxylic acids is 1. The number of hydrogen-bond acceptors (Lipinski definition) is 6. The fourth-order valence-electron chi connectivity index (χ4n) is 2.52. The van der Waals surface area contributed by atoms with E-state index in [0.717, 1.165) is 6.07 Å². The molecule has 0 spiro atoms. The maximum absolute atomic E-state index is 13.7. The molecule has 0 aliphatic heterocycles. The molecular weight excluding hydrogens is 413 g/mol. The second kappa shape index (κ2) is 8.57. The lowest BCUT2D eigenvalue weighted by Gasteiger charge is -2.08. The van der Waals surface area contributed by atoms with E-state index in [0.29, 0.717) is 11.8 Å². The summed E-state index contributed by atoms with van der Waals surface area (Å²) in [4.78, 5) is 12.3. The molecule has 1 aromatic heterocycles. The van der Waals surface area contributed by atoms with E-state index in [1.807, 2.05) is 0 Å². The van der Waals surface area contributed by atoms with E-state index in [9.17, 15) is 18.0 Å². The van der Waals surface area contributed by atoms with Crippen LogP contribution < -0.4 is 15.4 Å². The summed E-state index contributed by atoms with van der Waals surface area (Å²) in [6.45, 7) is 0. The normalized spacial score (nSPS) is 10.5. The molecule has 0 unspecified atom stereocenters. The topological polar surface area (TPSA) is 89.3 Å². The molecule has 10 heteroatoms. The van der Waals surface area contributed by atoms with Gasteiger partial charge in [0.05, 0.1) is 5.69 Å². The van der Waals surface area contributed by atoms with Crippen molar-refractivity contribution in [3.8, 4) is 11.5 Å². The molecule has 0 saturated carbocycles. The third-order valence-electron chi connectivity index (χ3n) is 3.97. The summed E-state index contributed by atoms with van der Waals surface area (Å²) in [5, 5.41) is 12.4. The lowest BCUT2D eigenvalue weighted by molar-refractivity contribution is 0.0991. The average Bonchev–Trinajstić information content (AvgIpc) is 3.22. The summed E-state index contributed by atoms with van der Waals surface area (Å²) in [7, 11) is 0. The number of rotatable bonds is 6. The van der Waals surface area contributed by atoms with E-state index in [1.165, 1.54) is 48.5 Å². The molecule has 0 aliphatic carbocycles. The highest BCUT2D eigenvalue weighted by molar-refractivity contribution is 6.00. The number of nitrogens with zero attached hydrogens (tertiary/aromatic N) is 2. The van der Waals surface area contributed by atoms with Crippen molar-refractivity contribution in [1.29, 1.82) is 0 Å². The van der Waals surface area contributed by atoms with Crippen molar-refractivity contribution in [3.63, 3.8) is 0 Å². The van der Waals surface area contributed by atoms with Gasteiger partial charge in [0.15, 0.2) is 11.6 Å². The van der Waals surface area contributed by atoms with Crippen LogP contribution in [0.5, 0.6) is 11.5 Å². The highest BCUT2D eigenvalue weighted by Gasteiger charge is 2.16. The molecule has 2 N–H and O–H groups in total. The Morgan fingerprint density at radius 1 is 0.903 bits per heavy atom. The van der Waals surface area contributed by atoms with Crippen molar-refractivity contribution in [3.05, 3.63) is 90.1 Å². The number of nitrogens with one attached hydrogen (secondary N) is 2. The lowest BCUT2D eigenvalue weighted by atomic mass is 10.3. The highest BCUT2D eigenvalue weighted by Crippen LogP contribution is 2.26. The van der Waals surface area contributed by atoms with Crippen LogP contribution in [0.3, 0.4) is 0 Å². The summed E-state index contributed by atoms with van der Waals surface area (Å²) in [6, 6.07) is 14.7. The summed E-state index contributed by atoms with van der Waals surface area (Å²) in [5.74, 6) is -2.96. The SMILES string of the molecule is O=C(Nc1ccc(Oc2ccc(F)cc2F)cc1)c1nnc(Nc2ccccc2F)o1. The third kappa shape index (κ3) is 4.81. The molecule has 1 amide bonds. The first-order valence-corrected chi connectivity index (χ1v) is 8.87. The van der Waals surface area contributed by atoms with E-state index in [1.54, 1.807) is 6.07 Å². The molecule has 0 fully saturated rings. The number of benzene rings is 3. The first-order valence-electron chi connectivity index (χ1n) is 8.87. The summed E-state index contributed by atoms with van der Waals surface area (Å²) in [5.41, 5.74) is 0.491. The van der Waals surface area contributed by atoms with Crippen LogP contribution in [0.2, 0.25) is 0 Å². The van der Waals surface area contributed by atoms with E-state index in [2.05, 4.69) is 20.8 Å². The van der Waals surface area contributed by atoms with Gasteiger partial charge in [-0.25, -0.2) is 13.2 Å².